The molecule has 0 atom stereocenters. The van der Waals surface area contributed by atoms with Gasteiger partial charge in [0, 0.05) is 19.5 Å². The summed E-state index contributed by atoms with van der Waals surface area (Å²) in [5.41, 5.74) is 0.930. The highest BCUT2D eigenvalue weighted by atomic mass is 79.9. The second-order valence-electron chi connectivity index (χ2n) is 3.07. The van der Waals surface area contributed by atoms with Crippen molar-refractivity contribution in [2.75, 3.05) is 6.54 Å². The fourth-order valence-electron chi connectivity index (χ4n) is 1.18. The summed E-state index contributed by atoms with van der Waals surface area (Å²) >= 11 is 3.22. The lowest BCUT2D eigenvalue weighted by Crippen LogP contribution is -2.14. The third-order valence-corrected chi connectivity index (χ3v) is 2.84. The normalized spacial score (nSPS) is 9.53. The van der Waals surface area contributed by atoms with Crippen LogP contribution in [0.4, 0.5) is 4.39 Å². The molecule has 1 rings (SSSR count). The Balaban J connectivity index is 2.43. The van der Waals surface area contributed by atoms with E-state index >= 15 is 0 Å². The van der Waals surface area contributed by atoms with Crippen molar-refractivity contribution in [1.29, 1.82) is 0 Å². The summed E-state index contributed by atoms with van der Waals surface area (Å²) in [5, 5.41) is 3.21. The first-order valence-electron chi connectivity index (χ1n) is 4.79. The van der Waals surface area contributed by atoms with Gasteiger partial charge in [0.1, 0.15) is 5.82 Å². The van der Waals surface area contributed by atoms with Crippen LogP contribution in [0.1, 0.15) is 18.9 Å². The maximum Gasteiger partial charge on any atom is 0.137 e. The molecule has 0 fully saturated rings. The average Bonchev–Trinajstić information content (AvgIpc) is 2.24. The second kappa shape index (κ2) is 6.60. The number of benzene rings is 1. The van der Waals surface area contributed by atoms with E-state index in [0.29, 0.717) is 11.0 Å². The van der Waals surface area contributed by atoms with E-state index in [1.54, 1.807) is 6.07 Å². The molecule has 1 aromatic carbocycles. The minimum Gasteiger partial charge on any atom is -0.312 e. The molecular formula is C12H13BrFN. The predicted octanol–water partition coefficient (Wildman–Crippen LogP) is 3.09. The molecular weight excluding hydrogens is 257 g/mol. The molecule has 0 saturated carbocycles. The van der Waals surface area contributed by atoms with E-state index in [1.807, 2.05) is 13.0 Å². The van der Waals surface area contributed by atoms with Gasteiger partial charge in [-0.3, -0.25) is 0 Å². The fraction of sp³-hybridized carbons (Fsp3) is 0.333. The molecule has 0 bridgehead atoms. The van der Waals surface area contributed by atoms with Crippen LogP contribution in [-0.4, -0.2) is 6.54 Å². The topological polar surface area (TPSA) is 12.0 Å². The molecule has 0 aliphatic rings. The highest BCUT2D eigenvalue weighted by Gasteiger charge is 2.03. The Bertz CT molecular complexity index is 379. The van der Waals surface area contributed by atoms with Gasteiger partial charge in [0.05, 0.1) is 4.47 Å². The minimum absolute atomic E-state index is 0.220. The summed E-state index contributed by atoms with van der Waals surface area (Å²) in [4.78, 5) is 0. The lowest BCUT2D eigenvalue weighted by molar-refractivity contribution is 0.613. The van der Waals surface area contributed by atoms with Crippen molar-refractivity contribution < 1.29 is 4.39 Å². The fourth-order valence-corrected chi connectivity index (χ4v) is 1.59. The molecule has 15 heavy (non-hydrogen) atoms. The Labute approximate surface area is 98.2 Å². The van der Waals surface area contributed by atoms with Gasteiger partial charge < -0.3 is 5.32 Å². The first-order valence-corrected chi connectivity index (χ1v) is 5.58. The Morgan fingerprint density at radius 1 is 1.47 bits per heavy atom. The van der Waals surface area contributed by atoms with E-state index in [2.05, 4.69) is 33.1 Å². The summed E-state index contributed by atoms with van der Waals surface area (Å²) in [6, 6.07) is 5.05. The van der Waals surface area contributed by atoms with Crippen LogP contribution in [0.2, 0.25) is 0 Å². The molecule has 0 unspecified atom stereocenters. The van der Waals surface area contributed by atoms with Crippen molar-refractivity contribution in [2.45, 2.75) is 19.9 Å². The van der Waals surface area contributed by atoms with Crippen molar-refractivity contribution in [3.05, 3.63) is 34.1 Å². The smallest absolute Gasteiger partial charge is 0.137 e. The van der Waals surface area contributed by atoms with Crippen molar-refractivity contribution in [1.82, 2.24) is 5.32 Å². The highest BCUT2D eigenvalue weighted by molar-refractivity contribution is 9.10. The summed E-state index contributed by atoms with van der Waals surface area (Å²) in [5.74, 6) is 5.57. The SMILES string of the molecule is CC#CCCNCc1cccc(F)c1Br. The van der Waals surface area contributed by atoms with E-state index in [9.17, 15) is 4.39 Å². The van der Waals surface area contributed by atoms with Gasteiger partial charge in [-0.05, 0) is 34.5 Å². The molecule has 0 spiro atoms. The van der Waals surface area contributed by atoms with Crippen molar-refractivity contribution in [3.8, 4) is 11.8 Å². The minimum atomic E-state index is -0.220. The van der Waals surface area contributed by atoms with E-state index in [1.165, 1.54) is 6.07 Å². The first kappa shape index (κ1) is 12.2. The van der Waals surface area contributed by atoms with Gasteiger partial charge >= 0.3 is 0 Å². The van der Waals surface area contributed by atoms with Gasteiger partial charge in [0.15, 0.2) is 0 Å². The van der Waals surface area contributed by atoms with Crippen molar-refractivity contribution >= 4 is 15.9 Å². The largest absolute Gasteiger partial charge is 0.312 e. The van der Waals surface area contributed by atoms with Crippen LogP contribution in [0.25, 0.3) is 0 Å². The molecule has 0 aromatic heterocycles. The lowest BCUT2D eigenvalue weighted by Gasteiger charge is -2.05. The zero-order valence-electron chi connectivity index (χ0n) is 8.61. The molecule has 0 aliphatic carbocycles. The van der Waals surface area contributed by atoms with Gasteiger partial charge in [-0.15, -0.1) is 11.8 Å². The summed E-state index contributed by atoms with van der Waals surface area (Å²) in [7, 11) is 0. The third kappa shape index (κ3) is 4.03. The molecule has 1 N–H and O–H groups in total. The average molecular weight is 270 g/mol. The van der Waals surface area contributed by atoms with Gasteiger partial charge in [-0.2, -0.15) is 0 Å². The number of nitrogens with one attached hydrogen (secondary N) is 1. The van der Waals surface area contributed by atoms with E-state index < -0.39 is 0 Å². The van der Waals surface area contributed by atoms with Gasteiger partial charge in [-0.25, -0.2) is 4.39 Å². The van der Waals surface area contributed by atoms with Crippen LogP contribution in [0.3, 0.4) is 0 Å². The van der Waals surface area contributed by atoms with E-state index in [-0.39, 0.29) is 5.82 Å². The zero-order chi connectivity index (χ0) is 11.1. The number of hydrogen-bond donors (Lipinski definition) is 1. The quantitative estimate of drug-likeness (QED) is 0.655. The first-order chi connectivity index (χ1) is 7.25. The molecule has 3 heteroatoms. The number of rotatable bonds is 4. The maximum atomic E-state index is 13.1. The summed E-state index contributed by atoms with van der Waals surface area (Å²) in [6.45, 7) is 3.30. The zero-order valence-corrected chi connectivity index (χ0v) is 10.2. The molecule has 0 amide bonds. The lowest BCUT2D eigenvalue weighted by atomic mass is 10.2. The Hall–Kier alpha value is -0.850. The molecule has 0 heterocycles. The highest BCUT2D eigenvalue weighted by Crippen LogP contribution is 2.19. The summed E-state index contributed by atoms with van der Waals surface area (Å²) < 4.78 is 13.7. The van der Waals surface area contributed by atoms with E-state index in [4.69, 9.17) is 0 Å². The molecule has 0 aliphatic heterocycles. The van der Waals surface area contributed by atoms with Crippen LogP contribution < -0.4 is 5.32 Å². The predicted molar refractivity (Wildman–Crippen MR) is 63.9 cm³/mol. The summed E-state index contributed by atoms with van der Waals surface area (Å²) in [6.07, 6.45) is 0.823. The van der Waals surface area contributed by atoms with Gasteiger partial charge in [0.25, 0.3) is 0 Å². The Kier molecular flexibility index (Phi) is 5.38. The van der Waals surface area contributed by atoms with Crippen LogP contribution in [0.5, 0.6) is 0 Å². The Morgan fingerprint density at radius 2 is 2.27 bits per heavy atom. The maximum absolute atomic E-state index is 13.1. The molecule has 0 saturated heterocycles. The van der Waals surface area contributed by atoms with Crippen molar-refractivity contribution in [3.63, 3.8) is 0 Å². The molecule has 1 aromatic rings. The van der Waals surface area contributed by atoms with Crippen LogP contribution in [-0.2, 0) is 6.54 Å². The Morgan fingerprint density at radius 3 is 3.00 bits per heavy atom. The third-order valence-electron chi connectivity index (χ3n) is 1.95. The second-order valence-corrected chi connectivity index (χ2v) is 3.86. The molecule has 80 valence electrons. The number of hydrogen-bond acceptors (Lipinski definition) is 1. The van der Waals surface area contributed by atoms with Crippen molar-refractivity contribution in [2.24, 2.45) is 0 Å². The van der Waals surface area contributed by atoms with Crippen LogP contribution >= 0.6 is 15.9 Å². The van der Waals surface area contributed by atoms with Crippen LogP contribution in [0, 0.1) is 17.7 Å². The molecule has 0 radical (unpaired) electrons. The van der Waals surface area contributed by atoms with Gasteiger partial charge in [-0.1, -0.05) is 12.1 Å². The van der Waals surface area contributed by atoms with E-state index in [0.717, 1.165) is 18.5 Å². The molecule has 1 nitrogen and oxygen atoms in total. The van der Waals surface area contributed by atoms with Crippen LogP contribution in [0.15, 0.2) is 22.7 Å². The standard InChI is InChI=1S/C12H13BrFN/c1-2-3-4-8-15-9-10-6-5-7-11(14)12(10)13/h5-7,15H,4,8-9H2,1H3. The monoisotopic (exact) mass is 269 g/mol. The van der Waals surface area contributed by atoms with Gasteiger partial charge in [0.2, 0.25) is 0 Å². The number of halogens is 2.